The minimum absolute atomic E-state index is 0.261. The molecule has 1 aromatic carbocycles. The number of rotatable bonds is 6. The standard InChI is InChI=1S/C15H19N3O/c1-3-14(13-6-4-5-7-15(13)19-2)18-10-12-8-16-11-17-9-12/h4-9,11,14,18H,3,10H2,1-2H3. The summed E-state index contributed by atoms with van der Waals surface area (Å²) >= 11 is 0. The summed E-state index contributed by atoms with van der Waals surface area (Å²) in [6, 6.07) is 8.37. The van der Waals surface area contributed by atoms with E-state index in [1.54, 1.807) is 13.4 Å². The lowest BCUT2D eigenvalue weighted by molar-refractivity contribution is 0.396. The lowest BCUT2D eigenvalue weighted by Gasteiger charge is -2.19. The van der Waals surface area contributed by atoms with E-state index in [1.807, 2.05) is 30.6 Å². The first-order valence-electron chi connectivity index (χ1n) is 6.45. The molecule has 0 saturated heterocycles. The second-order valence-corrected chi connectivity index (χ2v) is 4.33. The molecular formula is C15H19N3O. The highest BCUT2D eigenvalue weighted by atomic mass is 16.5. The quantitative estimate of drug-likeness (QED) is 0.864. The van der Waals surface area contributed by atoms with Crippen LogP contribution in [0.5, 0.6) is 5.75 Å². The molecule has 19 heavy (non-hydrogen) atoms. The number of ether oxygens (including phenoxy) is 1. The van der Waals surface area contributed by atoms with Crippen molar-refractivity contribution in [3.05, 3.63) is 54.1 Å². The Balaban J connectivity index is 2.08. The number of hydrogen-bond acceptors (Lipinski definition) is 4. The van der Waals surface area contributed by atoms with E-state index in [4.69, 9.17) is 4.74 Å². The molecule has 1 N–H and O–H groups in total. The fourth-order valence-corrected chi connectivity index (χ4v) is 2.09. The summed E-state index contributed by atoms with van der Waals surface area (Å²) in [5, 5.41) is 3.52. The van der Waals surface area contributed by atoms with E-state index in [-0.39, 0.29) is 6.04 Å². The summed E-state index contributed by atoms with van der Waals surface area (Å²) in [6.45, 7) is 2.91. The Bertz CT molecular complexity index is 502. The highest BCUT2D eigenvalue weighted by Gasteiger charge is 2.13. The van der Waals surface area contributed by atoms with Crippen molar-refractivity contribution in [1.29, 1.82) is 0 Å². The van der Waals surface area contributed by atoms with Gasteiger partial charge in [-0.1, -0.05) is 25.1 Å². The van der Waals surface area contributed by atoms with Gasteiger partial charge in [-0.3, -0.25) is 0 Å². The van der Waals surface area contributed by atoms with Crippen molar-refractivity contribution in [2.75, 3.05) is 7.11 Å². The van der Waals surface area contributed by atoms with Crippen LogP contribution in [0.2, 0.25) is 0 Å². The van der Waals surface area contributed by atoms with Crippen LogP contribution in [0.4, 0.5) is 0 Å². The van der Waals surface area contributed by atoms with Gasteiger partial charge in [0.05, 0.1) is 7.11 Å². The van der Waals surface area contributed by atoms with Crippen LogP contribution >= 0.6 is 0 Å². The lowest BCUT2D eigenvalue weighted by atomic mass is 10.0. The molecule has 1 heterocycles. The van der Waals surface area contributed by atoms with E-state index in [0.29, 0.717) is 0 Å². The van der Waals surface area contributed by atoms with Gasteiger partial charge in [0.25, 0.3) is 0 Å². The molecule has 0 radical (unpaired) electrons. The van der Waals surface area contributed by atoms with E-state index in [9.17, 15) is 0 Å². The Labute approximate surface area is 113 Å². The minimum atomic E-state index is 0.261. The fourth-order valence-electron chi connectivity index (χ4n) is 2.09. The SMILES string of the molecule is CCC(NCc1cncnc1)c1ccccc1OC. The van der Waals surface area contributed by atoms with E-state index in [1.165, 1.54) is 5.56 Å². The molecule has 0 aliphatic carbocycles. The van der Waals surface area contributed by atoms with Crippen LogP contribution in [0.1, 0.15) is 30.5 Å². The van der Waals surface area contributed by atoms with Crippen molar-refractivity contribution >= 4 is 0 Å². The highest BCUT2D eigenvalue weighted by molar-refractivity contribution is 5.35. The van der Waals surface area contributed by atoms with Gasteiger partial charge >= 0.3 is 0 Å². The van der Waals surface area contributed by atoms with Crippen LogP contribution in [0.3, 0.4) is 0 Å². The Morgan fingerprint density at radius 2 is 1.95 bits per heavy atom. The Morgan fingerprint density at radius 1 is 1.21 bits per heavy atom. The third-order valence-electron chi connectivity index (χ3n) is 3.09. The summed E-state index contributed by atoms with van der Waals surface area (Å²) in [5.74, 6) is 0.922. The maximum atomic E-state index is 5.42. The predicted molar refractivity (Wildman–Crippen MR) is 74.9 cm³/mol. The van der Waals surface area contributed by atoms with E-state index in [2.05, 4.69) is 28.3 Å². The number of para-hydroxylation sites is 1. The molecule has 0 aliphatic rings. The third-order valence-corrected chi connectivity index (χ3v) is 3.09. The molecule has 100 valence electrons. The van der Waals surface area contributed by atoms with Crippen LogP contribution in [0, 0.1) is 0 Å². The second kappa shape index (κ2) is 6.85. The number of nitrogens with zero attached hydrogens (tertiary/aromatic N) is 2. The maximum absolute atomic E-state index is 5.42. The van der Waals surface area contributed by atoms with Gasteiger partial charge < -0.3 is 10.1 Å². The van der Waals surface area contributed by atoms with Crippen molar-refractivity contribution in [3.8, 4) is 5.75 Å². The van der Waals surface area contributed by atoms with E-state index < -0.39 is 0 Å². The molecule has 4 heteroatoms. The largest absolute Gasteiger partial charge is 0.496 e. The zero-order valence-corrected chi connectivity index (χ0v) is 11.3. The van der Waals surface area contributed by atoms with Gasteiger partial charge in [0.2, 0.25) is 0 Å². The number of benzene rings is 1. The first kappa shape index (κ1) is 13.5. The van der Waals surface area contributed by atoms with Crippen molar-refractivity contribution < 1.29 is 4.74 Å². The molecule has 2 aromatic rings. The van der Waals surface area contributed by atoms with Crippen LogP contribution < -0.4 is 10.1 Å². The number of aromatic nitrogens is 2. The molecule has 0 spiro atoms. The monoisotopic (exact) mass is 257 g/mol. The van der Waals surface area contributed by atoms with Crippen LogP contribution in [-0.4, -0.2) is 17.1 Å². The van der Waals surface area contributed by atoms with Gasteiger partial charge in [0, 0.05) is 36.1 Å². The maximum Gasteiger partial charge on any atom is 0.123 e. The van der Waals surface area contributed by atoms with Crippen LogP contribution in [-0.2, 0) is 6.54 Å². The number of methoxy groups -OCH3 is 1. The molecular weight excluding hydrogens is 238 g/mol. The van der Waals surface area contributed by atoms with Gasteiger partial charge in [-0.25, -0.2) is 9.97 Å². The number of hydrogen-bond donors (Lipinski definition) is 1. The van der Waals surface area contributed by atoms with Gasteiger partial charge in [0.1, 0.15) is 12.1 Å². The molecule has 4 nitrogen and oxygen atoms in total. The average molecular weight is 257 g/mol. The first-order chi connectivity index (χ1) is 9.35. The summed E-state index contributed by atoms with van der Waals surface area (Å²) in [4.78, 5) is 8.04. The predicted octanol–water partition coefficient (Wildman–Crippen LogP) is 2.73. The third kappa shape index (κ3) is 3.51. The van der Waals surface area contributed by atoms with Gasteiger partial charge in [0.15, 0.2) is 0 Å². The highest BCUT2D eigenvalue weighted by Crippen LogP contribution is 2.26. The zero-order chi connectivity index (χ0) is 13.5. The van der Waals surface area contributed by atoms with Gasteiger partial charge in [-0.15, -0.1) is 0 Å². The van der Waals surface area contributed by atoms with Crippen molar-refractivity contribution in [2.24, 2.45) is 0 Å². The topological polar surface area (TPSA) is 47.0 Å². The molecule has 0 aliphatic heterocycles. The summed E-state index contributed by atoms with van der Waals surface area (Å²) in [7, 11) is 1.70. The summed E-state index contributed by atoms with van der Waals surface area (Å²) in [5.41, 5.74) is 2.26. The molecule has 0 fully saturated rings. The molecule has 1 unspecified atom stereocenters. The smallest absolute Gasteiger partial charge is 0.123 e. The van der Waals surface area contributed by atoms with E-state index >= 15 is 0 Å². The molecule has 1 atom stereocenters. The fraction of sp³-hybridized carbons (Fsp3) is 0.333. The number of nitrogens with one attached hydrogen (secondary N) is 1. The lowest BCUT2D eigenvalue weighted by Crippen LogP contribution is -2.21. The molecule has 0 bridgehead atoms. The van der Waals surface area contributed by atoms with Crippen LogP contribution in [0.15, 0.2) is 43.0 Å². The summed E-state index contributed by atoms with van der Waals surface area (Å²) < 4.78 is 5.42. The van der Waals surface area contributed by atoms with Gasteiger partial charge in [-0.05, 0) is 12.5 Å². The Kier molecular flexibility index (Phi) is 4.86. The van der Waals surface area contributed by atoms with Gasteiger partial charge in [-0.2, -0.15) is 0 Å². The Hall–Kier alpha value is -1.94. The zero-order valence-electron chi connectivity index (χ0n) is 11.3. The first-order valence-corrected chi connectivity index (χ1v) is 6.45. The summed E-state index contributed by atoms with van der Waals surface area (Å²) in [6.07, 6.45) is 6.19. The average Bonchev–Trinajstić information content (AvgIpc) is 2.49. The molecule has 1 aromatic heterocycles. The molecule has 2 rings (SSSR count). The molecule has 0 amide bonds. The Morgan fingerprint density at radius 3 is 2.63 bits per heavy atom. The van der Waals surface area contributed by atoms with Crippen molar-refractivity contribution in [2.45, 2.75) is 25.9 Å². The minimum Gasteiger partial charge on any atom is -0.496 e. The second-order valence-electron chi connectivity index (χ2n) is 4.33. The normalized spacial score (nSPS) is 12.1. The van der Waals surface area contributed by atoms with Crippen LogP contribution in [0.25, 0.3) is 0 Å². The molecule has 0 saturated carbocycles. The van der Waals surface area contributed by atoms with E-state index in [0.717, 1.165) is 24.3 Å². The van der Waals surface area contributed by atoms with Crippen molar-refractivity contribution in [3.63, 3.8) is 0 Å². The van der Waals surface area contributed by atoms with Crippen molar-refractivity contribution in [1.82, 2.24) is 15.3 Å².